The highest BCUT2D eigenvalue weighted by atomic mass is 127. The van der Waals surface area contributed by atoms with Crippen LogP contribution in [-0.4, -0.2) is 66.7 Å². The second-order valence-electron chi connectivity index (χ2n) is 7.68. The Morgan fingerprint density at radius 2 is 2.00 bits per heavy atom. The molecule has 0 bridgehead atoms. The van der Waals surface area contributed by atoms with Crippen molar-refractivity contribution in [1.29, 1.82) is 0 Å². The topological polar surface area (TPSA) is 87.5 Å². The summed E-state index contributed by atoms with van der Waals surface area (Å²) >= 11 is 1.31. The number of anilines is 2. The van der Waals surface area contributed by atoms with Gasteiger partial charge in [-0.3, -0.25) is 14.5 Å². The second kappa shape index (κ2) is 10.8. The summed E-state index contributed by atoms with van der Waals surface area (Å²) in [4.78, 5) is 31.9. The summed E-state index contributed by atoms with van der Waals surface area (Å²) in [5.74, 6) is -1.79. The average Bonchev–Trinajstić information content (AvgIpc) is 3.37. The van der Waals surface area contributed by atoms with Gasteiger partial charge in [-0.2, -0.15) is 5.06 Å². The lowest BCUT2D eigenvalue weighted by Gasteiger charge is -2.24. The molecule has 2 aromatic rings. The van der Waals surface area contributed by atoms with E-state index < -0.39 is 33.9 Å². The van der Waals surface area contributed by atoms with E-state index in [1.807, 2.05) is 6.07 Å². The maximum absolute atomic E-state index is 15.0. The lowest BCUT2D eigenvalue weighted by Crippen LogP contribution is -2.37. The van der Waals surface area contributed by atoms with E-state index in [-0.39, 0.29) is 37.6 Å². The minimum Gasteiger partial charge on any atom is -0.468 e. The van der Waals surface area contributed by atoms with Crippen LogP contribution in [0.4, 0.5) is 29.3 Å². The number of cyclic esters (lactones) is 1. The van der Waals surface area contributed by atoms with Crippen molar-refractivity contribution in [2.75, 3.05) is 49.1 Å². The van der Waals surface area contributed by atoms with E-state index in [1.165, 1.54) is 22.6 Å². The van der Waals surface area contributed by atoms with Crippen LogP contribution < -0.4 is 15.1 Å². The van der Waals surface area contributed by atoms with Gasteiger partial charge in [0, 0.05) is 31.8 Å². The Morgan fingerprint density at radius 1 is 1.24 bits per heavy atom. The van der Waals surface area contributed by atoms with Crippen molar-refractivity contribution < 1.29 is 36.8 Å². The minimum atomic E-state index is -1.73. The average molecular weight is 594 g/mol. The highest BCUT2D eigenvalue weighted by Crippen LogP contribution is 2.31. The van der Waals surface area contributed by atoms with E-state index in [4.69, 9.17) is 14.0 Å². The summed E-state index contributed by atoms with van der Waals surface area (Å²) in [5, 5.41) is 3.98. The summed E-state index contributed by atoms with van der Waals surface area (Å²) in [6.45, 7) is 1.45. The quantitative estimate of drug-likeness (QED) is 0.390. The molecule has 2 fully saturated rings. The van der Waals surface area contributed by atoms with Gasteiger partial charge in [0.05, 0.1) is 38.2 Å². The van der Waals surface area contributed by atoms with E-state index in [0.717, 1.165) is 17.0 Å². The first-order valence-corrected chi connectivity index (χ1v) is 11.7. The van der Waals surface area contributed by atoms with Crippen molar-refractivity contribution in [2.24, 2.45) is 0 Å². The van der Waals surface area contributed by atoms with Gasteiger partial charge >= 0.3 is 6.09 Å². The van der Waals surface area contributed by atoms with Gasteiger partial charge in [-0.25, -0.2) is 18.0 Å². The molecular formula is C21H22F3IN4O5. The summed E-state index contributed by atoms with van der Waals surface area (Å²) in [6.07, 6.45) is -0.0289. The molecule has 2 amide bonds. The predicted octanol–water partition coefficient (Wildman–Crippen LogP) is 2.98. The van der Waals surface area contributed by atoms with Gasteiger partial charge in [0.1, 0.15) is 17.6 Å². The summed E-state index contributed by atoms with van der Waals surface area (Å²) in [7, 11) is 0. The molecule has 0 radical (unpaired) electrons. The largest absolute Gasteiger partial charge is 0.468 e. The maximum atomic E-state index is 15.0. The lowest BCUT2D eigenvalue weighted by atomic mass is 10.2. The molecule has 1 unspecified atom stereocenters. The van der Waals surface area contributed by atoms with Crippen molar-refractivity contribution in [3.63, 3.8) is 0 Å². The van der Waals surface area contributed by atoms with Crippen molar-refractivity contribution in [3.8, 4) is 0 Å². The molecule has 34 heavy (non-hydrogen) atoms. The molecule has 1 N–H and O–H groups in total. The van der Waals surface area contributed by atoms with E-state index in [2.05, 4.69) is 5.32 Å². The number of carbonyl (C=O) groups is 2. The number of hydroxylamine groups is 2. The molecular weight excluding hydrogens is 572 g/mol. The number of halogens is 4. The molecule has 1 aromatic heterocycles. The van der Waals surface area contributed by atoms with Crippen LogP contribution in [0.25, 0.3) is 0 Å². The lowest BCUT2D eigenvalue weighted by molar-refractivity contribution is -0.157. The summed E-state index contributed by atoms with van der Waals surface area (Å²) in [6, 6.07) is 5.71. The van der Waals surface area contributed by atoms with Gasteiger partial charge in [0.25, 0.3) is 5.91 Å². The number of nitrogens with one attached hydrogen (secondary N) is 1. The number of ether oxygens (including phenoxy) is 1. The number of nitrogens with zero attached hydrogens (tertiary/aromatic N) is 3. The van der Waals surface area contributed by atoms with E-state index in [9.17, 15) is 14.0 Å². The SMILES string of the molecule is O=C(NC[C@H]1CN(c2cc(F)c(N3CCON(Cc4ccco4)CC3)c(F)c2)C(=O)O1)C(F)I. The smallest absolute Gasteiger partial charge is 0.414 e. The van der Waals surface area contributed by atoms with Crippen molar-refractivity contribution in [3.05, 3.63) is 47.9 Å². The number of alkyl halides is 2. The number of hydrogen-bond acceptors (Lipinski definition) is 7. The molecule has 13 heteroatoms. The fourth-order valence-electron chi connectivity index (χ4n) is 3.75. The number of rotatable bonds is 7. The van der Waals surface area contributed by atoms with E-state index in [0.29, 0.717) is 25.4 Å². The Bertz CT molecular complexity index is 1000. The molecule has 0 saturated carbocycles. The van der Waals surface area contributed by atoms with Crippen LogP contribution in [-0.2, 0) is 20.9 Å². The fraction of sp³-hybridized carbons (Fsp3) is 0.429. The molecule has 0 aliphatic carbocycles. The Labute approximate surface area is 206 Å². The first-order valence-electron chi connectivity index (χ1n) is 10.5. The van der Waals surface area contributed by atoms with Crippen LogP contribution >= 0.6 is 22.6 Å². The van der Waals surface area contributed by atoms with Crippen LogP contribution in [0.5, 0.6) is 0 Å². The van der Waals surface area contributed by atoms with Gasteiger partial charge in [-0.1, -0.05) is 0 Å². The minimum absolute atomic E-state index is 0.0136. The maximum Gasteiger partial charge on any atom is 0.414 e. The molecule has 2 saturated heterocycles. The third kappa shape index (κ3) is 5.75. The fourth-order valence-corrected chi connectivity index (χ4v) is 3.97. The number of amides is 2. The highest BCUT2D eigenvalue weighted by molar-refractivity contribution is 14.1. The molecule has 9 nitrogen and oxygen atoms in total. The zero-order valence-corrected chi connectivity index (χ0v) is 20.0. The first kappa shape index (κ1) is 24.6. The zero-order chi connectivity index (χ0) is 24.2. The van der Waals surface area contributed by atoms with Crippen LogP contribution in [0.2, 0.25) is 0 Å². The molecule has 2 aliphatic heterocycles. The third-order valence-electron chi connectivity index (χ3n) is 5.37. The molecule has 1 aromatic carbocycles. The molecule has 2 atom stereocenters. The molecule has 3 heterocycles. The monoisotopic (exact) mass is 594 g/mol. The van der Waals surface area contributed by atoms with Gasteiger partial charge in [0.2, 0.25) is 4.18 Å². The first-order chi connectivity index (χ1) is 16.3. The predicted molar refractivity (Wildman–Crippen MR) is 123 cm³/mol. The number of benzene rings is 1. The summed E-state index contributed by atoms with van der Waals surface area (Å²) in [5.41, 5.74) is -0.222. The van der Waals surface area contributed by atoms with Crippen molar-refractivity contribution in [2.45, 2.75) is 16.8 Å². The van der Waals surface area contributed by atoms with Crippen molar-refractivity contribution in [1.82, 2.24) is 10.4 Å². The standard InChI is InChI=1S/C21H22F3IN4O5/c22-16-8-13(29-12-15(34-21(29)31)10-26-20(30)19(24)25)9-17(23)18(16)27-3-4-28(33-7-5-27)11-14-2-1-6-32-14/h1-2,6,8-9,15,19H,3-5,7,10-12H2,(H,26,30)/t15-,19?/m0/s1. The Balaban J connectivity index is 1.41. The number of hydrogen-bond donors (Lipinski definition) is 1. The number of carbonyl (C=O) groups excluding carboxylic acids is 2. The van der Waals surface area contributed by atoms with Gasteiger partial charge in [-0.05, 0) is 34.7 Å². The Hall–Kier alpha value is -2.52. The second-order valence-corrected chi connectivity index (χ2v) is 8.78. The van der Waals surface area contributed by atoms with E-state index >= 15 is 8.78 Å². The van der Waals surface area contributed by atoms with E-state index in [1.54, 1.807) is 22.3 Å². The van der Waals surface area contributed by atoms with Gasteiger partial charge in [0.15, 0.2) is 11.6 Å². The van der Waals surface area contributed by atoms with Crippen LogP contribution in [0.1, 0.15) is 5.76 Å². The van der Waals surface area contributed by atoms with Crippen LogP contribution in [0.3, 0.4) is 0 Å². The van der Waals surface area contributed by atoms with Crippen molar-refractivity contribution >= 4 is 46.0 Å². The van der Waals surface area contributed by atoms with Gasteiger partial charge in [-0.15, -0.1) is 0 Å². The molecule has 184 valence electrons. The Kier molecular flexibility index (Phi) is 7.83. The normalized spacial score (nSPS) is 20.2. The molecule has 0 spiro atoms. The summed E-state index contributed by atoms with van der Waals surface area (Å²) < 4.78 is 51.7. The highest BCUT2D eigenvalue weighted by Gasteiger charge is 2.34. The third-order valence-corrected chi connectivity index (χ3v) is 5.94. The molecule has 2 aliphatic rings. The molecule has 4 rings (SSSR count). The zero-order valence-electron chi connectivity index (χ0n) is 17.9. The number of furan rings is 1. The van der Waals surface area contributed by atoms with Crippen LogP contribution in [0.15, 0.2) is 34.9 Å². The van der Waals surface area contributed by atoms with Crippen LogP contribution in [0, 0.1) is 11.6 Å². The Morgan fingerprint density at radius 3 is 2.68 bits per heavy atom. The van der Waals surface area contributed by atoms with Gasteiger partial charge < -0.3 is 19.4 Å².